The molecule has 1 aliphatic rings. The largest absolute Gasteiger partial charge is 0.467 e. The lowest BCUT2D eigenvalue weighted by molar-refractivity contribution is 0.0595. The van der Waals surface area contributed by atoms with Crippen LogP contribution < -0.4 is 4.74 Å². The fraction of sp³-hybridized carbons (Fsp3) is 0.263. The number of thiazole rings is 1. The van der Waals surface area contributed by atoms with Gasteiger partial charge < -0.3 is 9.64 Å². The first-order valence-electron chi connectivity index (χ1n) is 8.37. The second kappa shape index (κ2) is 6.99. The molecule has 0 spiro atoms. The summed E-state index contributed by atoms with van der Waals surface area (Å²) in [6.07, 6.45) is 1.33. The second-order valence-electron chi connectivity index (χ2n) is 6.19. The Morgan fingerprint density at radius 3 is 2.62 bits per heavy atom. The van der Waals surface area contributed by atoms with Crippen molar-refractivity contribution < 1.29 is 18.3 Å². The van der Waals surface area contributed by atoms with E-state index in [0.29, 0.717) is 31.1 Å². The Kier molecular flexibility index (Phi) is 4.55. The molecule has 7 heteroatoms. The number of likely N-dealkylation sites (tertiary alicyclic amines) is 1. The number of carbonyl (C=O) groups is 1. The molecular weight excluding hydrogens is 358 g/mol. The van der Waals surface area contributed by atoms with Crippen LogP contribution in [-0.2, 0) is 0 Å². The van der Waals surface area contributed by atoms with Crippen LogP contribution in [0.3, 0.4) is 0 Å². The van der Waals surface area contributed by atoms with E-state index in [1.165, 1.54) is 17.4 Å². The van der Waals surface area contributed by atoms with Crippen LogP contribution >= 0.6 is 11.3 Å². The van der Waals surface area contributed by atoms with Gasteiger partial charge in [-0.2, -0.15) is 0 Å². The molecule has 1 aliphatic heterocycles. The van der Waals surface area contributed by atoms with Crippen LogP contribution in [0.25, 0.3) is 10.2 Å². The Bertz CT molecular complexity index is 919. The van der Waals surface area contributed by atoms with Gasteiger partial charge in [-0.3, -0.25) is 4.79 Å². The molecule has 1 fully saturated rings. The van der Waals surface area contributed by atoms with E-state index < -0.39 is 11.6 Å². The van der Waals surface area contributed by atoms with Gasteiger partial charge in [-0.15, -0.1) is 0 Å². The fourth-order valence-corrected chi connectivity index (χ4v) is 3.91. The molecule has 0 unspecified atom stereocenters. The summed E-state index contributed by atoms with van der Waals surface area (Å²) in [7, 11) is 0. The minimum atomic E-state index is -1.01. The zero-order valence-corrected chi connectivity index (χ0v) is 14.6. The Hall–Kier alpha value is -2.54. The molecule has 1 aromatic heterocycles. The number of piperidine rings is 1. The van der Waals surface area contributed by atoms with E-state index in [0.717, 1.165) is 22.3 Å². The molecule has 0 atom stereocenters. The average Bonchev–Trinajstić information content (AvgIpc) is 3.06. The smallest absolute Gasteiger partial charge is 0.274 e. The van der Waals surface area contributed by atoms with Crippen molar-refractivity contribution in [1.82, 2.24) is 9.88 Å². The van der Waals surface area contributed by atoms with E-state index in [1.54, 1.807) is 4.90 Å². The molecule has 0 bridgehead atoms. The van der Waals surface area contributed by atoms with Crippen LogP contribution in [0, 0.1) is 11.6 Å². The molecule has 0 radical (unpaired) electrons. The highest BCUT2D eigenvalue weighted by molar-refractivity contribution is 7.20. The number of hydrogen-bond acceptors (Lipinski definition) is 4. The summed E-state index contributed by atoms with van der Waals surface area (Å²) in [6.45, 7) is 1.01. The standard InChI is InChI=1S/C19H16F2N2O2S/c20-14-6-5-12(11-15(14)21)18(24)23-9-7-13(8-10-23)25-19-22-16-3-1-2-4-17(16)26-19/h1-6,11,13H,7-10H2. The zero-order chi connectivity index (χ0) is 18.1. The highest BCUT2D eigenvalue weighted by Gasteiger charge is 2.26. The van der Waals surface area contributed by atoms with Gasteiger partial charge in [0.05, 0.1) is 10.2 Å². The monoisotopic (exact) mass is 374 g/mol. The van der Waals surface area contributed by atoms with Crippen LogP contribution in [0.1, 0.15) is 23.2 Å². The SMILES string of the molecule is O=C(c1ccc(F)c(F)c1)N1CCC(Oc2nc3ccccc3s2)CC1. The zero-order valence-electron chi connectivity index (χ0n) is 13.8. The molecule has 26 heavy (non-hydrogen) atoms. The van der Waals surface area contributed by atoms with Crippen molar-refractivity contribution in [3.63, 3.8) is 0 Å². The van der Waals surface area contributed by atoms with E-state index in [-0.39, 0.29) is 17.6 Å². The lowest BCUT2D eigenvalue weighted by Gasteiger charge is -2.31. The number of carbonyl (C=O) groups excluding carboxylic acids is 1. The number of benzene rings is 2. The quantitative estimate of drug-likeness (QED) is 0.688. The van der Waals surface area contributed by atoms with E-state index >= 15 is 0 Å². The summed E-state index contributed by atoms with van der Waals surface area (Å²) < 4.78 is 33.4. The second-order valence-corrected chi connectivity index (χ2v) is 7.18. The molecule has 2 aromatic carbocycles. The third-order valence-corrected chi connectivity index (χ3v) is 5.36. The van der Waals surface area contributed by atoms with Crippen LogP contribution in [0.15, 0.2) is 42.5 Å². The summed E-state index contributed by atoms with van der Waals surface area (Å²) in [4.78, 5) is 18.5. The minimum absolute atomic E-state index is 0.00966. The highest BCUT2D eigenvalue weighted by atomic mass is 32.1. The van der Waals surface area contributed by atoms with Gasteiger partial charge in [-0.05, 0) is 30.3 Å². The summed E-state index contributed by atoms with van der Waals surface area (Å²) in [5.41, 5.74) is 1.08. The van der Waals surface area contributed by atoms with Crippen molar-refractivity contribution in [1.29, 1.82) is 0 Å². The van der Waals surface area contributed by atoms with Crippen molar-refractivity contribution >= 4 is 27.5 Å². The predicted octanol–water partition coefficient (Wildman–Crippen LogP) is 4.26. The van der Waals surface area contributed by atoms with Crippen molar-refractivity contribution in [3.05, 3.63) is 59.7 Å². The van der Waals surface area contributed by atoms with Crippen molar-refractivity contribution in [2.24, 2.45) is 0 Å². The number of nitrogens with zero attached hydrogens (tertiary/aromatic N) is 2. The van der Waals surface area contributed by atoms with Crippen LogP contribution in [0.5, 0.6) is 5.19 Å². The number of halogens is 2. The maximum Gasteiger partial charge on any atom is 0.274 e. The van der Waals surface area contributed by atoms with Crippen molar-refractivity contribution in [2.45, 2.75) is 18.9 Å². The maximum absolute atomic E-state index is 13.3. The first-order chi connectivity index (χ1) is 12.6. The number of aromatic nitrogens is 1. The lowest BCUT2D eigenvalue weighted by Crippen LogP contribution is -2.41. The Balaban J connectivity index is 1.37. The molecule has 0 aliphatic carbocycles. The highest BCUT2D eigenvalue weighted by Crippen LogP contribution is 2.29. The maximum atomic E-state index is 13.3. The summed E-state index contributed by atoms with van der Waals surface area (Å²) in [5, 5.41) is 0.636. The van der Waals surface area contributed by atoms with Gasteiger partial charge in [0.1, 0.15) is 6.10 Å². The minimum Gasteiger partial charge on any atom is -0.467 e. The summed E-state index contributed by atoms with van der Waals surface area (Å²) >= 11 is 1.51. The number of ether oxygens (including phenoxy) is 1. The van der Waals surface area contributed by atoms with Crippen molar-refractivity contribution in [2.75, 3.05) is 13.1 Å². The molecule has 3 aromatic rings. The molecule has 0 N–H and O–H groups in total. The van der Waals surface area contributed by atoms with Gasteiger partial charge in [-0.1, -0.05) is 23.5 Å². The van der Waals surface area contributed by atoms with E-state index in [1.807, 2.05) is 24.3 Å². The Morgan fingerprint density at radius 1 is 1.12 bits per heavy atom. The normalized spacial score (nSPS) is 15.4. The summed E-state index contributed by atoms with van der Waals surface area (Å²) in [6, 6.07) is 11.1. The average molecular weight is 374 g/mol. The first kappa shape index (κ1) is 16.9. The number of para-hydroxylation sites is 1. The molecule has 0 saturated carbocycles. The fourth-order valence-electron chi connectivity index (χ4n) is 3.03. The molecule has 2 heterocycles. The Morgan fingerprint density at radius 2 is 1.88 bits per heavy atom. The van der Waals surface area contributed by atoms with Crippen molar-refractivity contribution in [3.8, 4) is 5.19 Å². The van der Waals surface area contributed by atoms with Gasteiger partial charge >= 0.3 is 0 Å². The van der Waals surface area contributed by atoms with Gasteiger partial charge in [0.25, 0.3) is 11.1 Å². The molecule has 1 amide bonds. The van der Waals surface area contributed by atoms with Gasteiger partial charge in [0, 0.05) is 31.5 Å². The first-order valence-corrected chi connectivity index (χ1v) is 9.18. The van der Waals surface area contributed by atoms with Crippen LogP contribution in [-0.4, -0.2) is 35.0 Å². The number of amides is 1. The molecule has 4 nitrogen and oxygen atoms in total. The number of fused-ring (bicyclic) bond motifs is 1. The van der Waals surface area contributed by atoms with Gasteiger partial charge in [-0.25, -0.2) is 13.8 Å². The predicted molar refractivity (Wildman–Crippen MR) is 95.5 cm³/mol. The van der Waals surface area contributed by atoms with E-state index in [9.17, 15) is 13.6 Å². The molecular formula is C19H16F2N2O2S. The summed E-state index contributed by atoms with van der Waals surface area (Å²) in [5.74, 6) is -2.25. The topological polar surface area (TPSA) is 42.4 Å². The van der Waals surface area contributed by atoms with E-state index in [2.05, 4.69) is 4.98 Å². The number of hydrogen-bond donors (Lipinski definition) is 0. The lowest BCUT2D eigenvalue weighted by atomic mass is 10.1. The molecule has 134 valence electrons. The third-order valence-electron chi connectivity index (χ3n) is 4.44. The van der Waals surface area contributed by atoms with Crippen LogP contribution in [0.2, 0.25) is 0 Å². The van der Waals surface area contributed by atoms with Crippen LogP contribution in [0.4, 0.5) is 8.78 Å². The van der Waals surface area contributed by atoms with Gasteiger partial charge in [0.15, 0.2) is 11.6 Å². The number of rotatable bonds is 3. The Labute approximate surface area is 153 Å². The molecule has 4 rings (SSSR count). The molecule has 1 saturated heterocycles. The third kappa shape index (κ3) is 3.39. The van der Waals surface area contributed by atoms with Gasteiger partial charge in [0.2, 0.25) is 0 Å². The van der Waals surface area contributed by atoms with E-state index in [4.69, 9.17) is 4.74 Å².